The van der Waals surface area contributed by atoms with E-state index in [4.69, 9.17) is 23.1 Å². The van der Waals surface area contributed by atoms with Gasteiger partial charge in [-0.1, -0.05) is 146 Å². The molecule has 0 bridgehead atoms. The first-order chi connectivity index (χ1) is 41.4. The van der Waals surface area contributed by atoms with Crippen LogP contribution in [0.5, 0.6) is 0 Å². The van der Waals surface area contributed by atoms with Crippen LogP contribution in [0.3, 0.4) is 0 Å². The van der Waals surface area contributed by atoms with Gasteiger partial charge in [-0.3, -0.25) is 0 Å². The second-order valence-corrected chi connectivity index (χ2v) is 20.5. The van der Waals surface area contributed by atoms with Crippen LogP contribution in [0.2, 0.25) is 0 Å². The van der Waals surface area contributed by atoms with Crippen molar-refractivity contribution in [2.45, 2.75) is 0 Å². The van der Waals surface area contributed by atoms with Crippen molar-refractivity contribution in [1.82, 2.24) is 19.1 Å². The first kappa shape index (κ1) is 49.8. The number of hydrogen-bond donors (Lipinski definition) is 0. The Morgan fingerprint density at radius 3 is 1.01 bits per heavy atom. The Morgan fingerprint density at radius 2 is 0.655 bits per heavy atom. The van der Waals surface area contributed by atoms with Crippen LogP contribution in [0.25, 0.3) is 143 Å². The summed E-state index contributed by atoms with van der Waals surface area (Å²) in [6.45, 7) is 15.7. The average Bonchev–Trinajstić information content (AvgIpc) is 2.40. The standard InChI is InChI=1S/C75H41N9/c1-79-60-23-11-21-53(35-60)57-27-31-71-64(39-57)65-40-58(54-22-12-24-61(36-54)80-2)28-32-72(65)84(71)74-42-59(75-81-67(49-15-5-3-6-16-49)43-68(82-75)50-17-7-4-8-18-50)41-73(66(74)46-78)83-69-29-25-55(51-19-9-13-47(33-51)44-76)37-62(69)63-38-56(26-30-70(63)83)52-20-10-14-48(34-52)45-77/h3-43H. The van der Waals surface area contributed by atoms with Gasteiger partial charge in [0.2, 0.25) is 0 Å². The average molecular weight is 1070 g/mol. The van der Waals surface area contributed by atoms with Crippen molar-refractivity contribution < 1.29 is 0 Å². The van der Waals surface area contributed by atoms with Crippen molar-refractivity contribution in [3.63, 3.8) is 0 Å². The van der Waals surface area contributed by atoms with Gasteiger partial charge < -0.3 is 9.13 Å². The molecule has 84 heavy (non-hydrogen) atoms. The predicted molar refractivity (Wildman–Crippen MR) is 335 cm³/mol. The Balaban J connectivity index is 1.10. The Kier molecular flexibility index (Phi) is 12.2. The molecular weight excluding hydrogens is 1030 g/mol. The first-order valence-electron chi connectivity index (χ1n) is 27.1. The number of nitriles is 3. The van der Waals surface area contributed by atoms with Gasteiger partial charge in [0.1, 0.15) is 11.6 Å². The van der Waals surface area contributed by atoms with Crippen LogP contribution >= 0.6 is 0 Å². The summed E-state index contributed by atoms with van der Waals surface area (Å²) in [7, 11) is 0. The molecule has 14 rings (SSSR count). The fraction of sp³-hybridized carbons (Fsp3) is 0. The highest BCUT2D eigenvalue weighted by Gasteiger charge is 2.25. The van der Waals surface area contributed by atoms with E-state index in [1.807, 2.05) is 152 Å². The maximum absolute atomic E-state index is 12.1. The van der Waals surface area contributed by atoms with Crippen molar-refractivity contribution in [3.05, 3.63) is 288 Å². The van der Waals surface area contributed by atoms with E-state index in [1.165, 1.54) is 0 Å². The third-order valence-electron chi connectivity index (χ3n) is 15.6. The molecule has 9 heteroatoms. The van der Waals surface area contributed by atoms with Crippen LogP contribution in [0.1, 0.15) is 16.7 Å². The molecular formula is C75H41N9. The second-order valence-electron chi connectivity index (χ2n) is 20.5. The van der Waals surface area contributed by atoms with Crippen molar-refractivity contribution in [2.24, 2.45) is 0 Å². The molecule has 0 saturated heterocycles. The lowest BCUT2D eigenvalue weighted by Crippen LogP contribution is -2.06. The molecule has 0 spiro atoms. The summed E-state index contributed by atoms with van der Waals surface area (Å²) in [6, 6.07) is 89.2. The van der Waals surface area contributed by atoms with Gasteiger partial charge in [0, 0.05) is 38.2 Å². The number of fused-ring (bicyclic) bond motifs is 6. The highest BCUT2D eigenvalue weighted by atomic mass is 15.0. The number of benzene rings is 11. The van der Waals surface area contributed by atoms with E-state index in [-0.39, 0.29) is 0 Å². The summed E-state index contributed by atoms with van der Waals surface area (Å²) in [5.41, 5.74) is 18.2. The van der Waals surface area contributed by atoms with E-state index in [9.17, 15) is 15.8 Å². The second kappa shape index (κ2) is 20.7. The molecule has 0 unspecified atom stereocenters. The highest BCUT2D eigenvalue weighted by Crippen LogP contribution is 2.44. The molecule has 0 amide bonds. The third-order valence-corrected chi connectivity index (χ3v) is 15.6. The molecule has 3 aromatic heterocycles. The van der Waals surface area contributed by atoms with Gasteiger partial charge in [0.05, 0.1) is 81.2 Å². The quantitative estimate of drug-likeness (QED) is 0.134. The zero-order valence-electron chi connectivity index (χ0n) is 44.7. The largest absolute Gasteiger partial charge is 0.308 e. The minimum absolute atomic E-state index is 0.387. The summed E-state index contributed by atoms with van der Waals surface area (Å²) < 4.78 is 4.33. The van der Waals surface area contributed by atoms with Crippen molar-refractivity contribution in [2.75, 3.05) is 0 Å². The van der Waals surface area contributed by atoms with Crippen molar-refractivity contribution in [1.29, 1.82) is 15.8 Å². The van der Waals surface area contributed by atoms with E-state index in [0.717, 1.165) is 111 Å². The van der Waals surface area contributed by atoms with Gasteiger partial charge in [0.25, 0.3) is 0 Å². The van der Waals surface area contributed by atoms with Gasteiger partial charge >= 0.3 is 0 Å². The van der Waals surface area contributed by atoms with E-state index in [1.54, 1.807) is 24.3 Å². The molecule has 0 N–H and O–H groups in total. The van der Waals surface area contributed by atoms with E-state index in [2.05, 4.69) is 110 Å². The van der Waals surface area contributed by atoms with E-state index >= 15 is 0 Å². The lowest BCUT2D eigenvalue weighted by Gasteiger charge is -2.19. The normalized spacial score (nSPS) is 11.0. The van der Waals surface area contributed by atoms with Crippen LogP contribution in [0.15, 0.2) is 249 Å². The number of aromatic nitrogens is 4. The predicted octanol–water partition coefficient (Wildman–Crippen LogP) is 19.1. The summed E-state index contributed by atoms with van der Waals surface area (Å²) in [5.74, 6) is 0.451. The maximum atomic E-state index is 12.1. The first-order valence-corrected chi connectivity index (χ1v) is 27.1. The fourth-order valence-corrected chi connectivity index (χ4v) is 11.6. The van der Waals surface area contributed by atoms with Crippen LogP contribution < -0.4 is 0 Å². The molecule has 0 aliphatic heterocycles. The summed E-state index contributed by atoms with van der Waals surface area (Å²) in [5, 5.41) is 35.7. The molecule has 0 atom stereocenters. The number of hydrogen-bond acceptors (Lipinski definition) is 5. The van der Waals surface area contributed by atoms with E-state index < -0.39 is 0 Å². The third kappa shape index (κ3) is 8.72. The van der Waals surface area contributed by atoms with Gasteiger partial charge in [0.15, 0.2) is 17.2 Å². The van der Waals surface area contributed by atoms with Crippen LogP contribution in [-0.2, 0) is 0 Å². The molecule has 0 saturated carbocycles. The lowest BCUT2D eigenvalue weighted by atomic mass is 9.99. The Hall–Kier alpha value is -12.5. The Morgan fingerprint density at radius 1 is 0.310 bits per heavy atom. The van der Waals surface area contributed by atoms with Crippen molar-refractivity contribution in [3.8, 4) is 108 Å². The molecule has 0 fully saturated rings. The zero-order valence-corrected chi connectivity index (χ0v) is 44.7. The summed E-state index contributed by atoms with van der Waals surface area (Å²) in [4.78, 5) is 18.3. The Labute approximate surface area is 483 Å². The minimum atomic E-state index is 0.387. The molecule has 386 valence electrons. The monoisotopic (exact) mass is 1070 g/mol. The molecule has 9 nitrogen and oxygen atoms in total. The topological polar surface area (TPSA) is 116 Å². The molecule has 0 aliphatic carbocycles. The molecule has 11 aromatic carbocycles. The lowest BCUT2D eigenvalue weighted by molar-refractivity contribution is 1.11. The van der Waals surface area contributed by atoms with Gasteiger partial charge in [-0.25, -0.2) is 19.7 Å². The zero-order chi connectivity index (χ0) is 56.8. The number of nitrogens with zero attached hydrogens (tertiary/aromatic N) is 9. The smallest absolute Gasteiger partial charge is 0.187 e. The SMILES string of the molecule is [C-]#[N+]c1cccc(-c2ccc3c(c2)c2cc(-c4cccc([N+]#[C-])c4)ccc2n3-c2cc(-c3nc(-c4ccccc4)cc(-c4ccccc4)n3)cc(-n3c4ccc(-c5cccc(C#N)c5)cc4c4cc(-c5cccc(C#N)c5)ccc43)c2C#N)c1. The van der Waals surface area contributed by atoms with Crippen molar-refractivity contribution >= 4 is 55.0 Å². The van der Waals surface area contributed by atoms with Crippen LogP contribution in [-0.4, -0.2) is 19.1 Å². The van der Waals surface area contributed by atoms with Gasteiger partial charge in [-0.2, -0.15) is 15.8 Å². The minimum Gasteiger partial charge on any atom is -0.308 e. The molecule has 0 radical (unpaired) electrons. The van der Waals surface area contributed by atoms with Crippen LogP contribution in [0, 0.1) is 47.1 Å². The highest BCUT2D eigenvalue weighted by molar-refractivity contribution is 6.14. The fourth-order valence-electron chi connectivity index (χ4n) is 11.6. The number of rotatable bonds is 9. The van der Waals surface area contributed by atoms with Gasteiger partial charge in [-0.15, -0.1) is 0 Å². The summed E-state index contributed by atoms with van der Waals surface area (Å²) >= 11 is 0. The molecule has 3 heterocycles. The summed E-state index contributed by atoms with van der Waals surface area (Å²) in [6.07, 6.45) is 0. The maximum Gasteiger partial charge on any atom is 0.187 e. The van der Waals surface area contributed by atoms with E-state index in [0.29, 0.717) is 50.8 Å². The van der Waals surface area contributed by atoms with Gasteiger partial charge in [-0.05, 0) is 148 Å². The Bertz CT molecular complexity index is 4720. The molecule has 14 aromatic rings. The molecule has 0 aliphatic rings. The van der Waals surface area contributed by atoms with Crippen LogP contribution in [0.4, 0.5) is 11.4 Å².